The Hall–Kier alpha value is -1.11. The summed E-state index contributed by atoms with van der Waals surface area (Å²) in [6.07, 6.45) is 0.516. The first-order valence-corrected chi connectivity index (χ1v) is 8.94. The predicted octanol–water partition coefficient (Wildman–Crippen LogP) is 1.80. The van der Waals surface area contributed by atoms with E-state index in [9.17, 15) is 8.42 Å². The Labute approximate surface area is 127 Å². The van der Waals surface area contributed by atoms with Crippen molar-refractivity contribution < 1.29 is 17.9 Å². The van der Waals surface area contributed by atoms with Crippen molar-refractivity contribution in [3.8, 4) is 5.75 Å². The summed E-state index contributed by atoms with van der Waals surface area (Å²) in [5.74, 6) is 0.916. The summed E-state index contributed by atoms with van der Waals surface area (Å²) in [7, 11) is 0.190. The van der Waals surface area contributed by atoms with Gasteiger partial charge in [-0.2, -0.15) is 0 Å². The fourth-order valence-electron chi connectivity index (χ4n) is 2.14. The monoisotopic (exact) mass is 315 g/mol. The molecule has 120 valence electrons. The molecular weight excluding hydrogens is 290 g/mol. The second kappa shape index (κ2) is 9.02. The lowest BCUT2D eigenvalue weighted by Crippen LogP contribution is -2.27. The molecule has 1 rings (SSSR count). The van der Waals surface area contributed by atoms with Crippen molar-refractivity contribution in [3.63, 3.8) is 0 Å². The summed E-state index contributed by atoms with van der Waals surface area (Å²) in [6, 6.07) is 7.26. The van der Waals surface area contributed by atoms with Crippen LogP contribution in [-0.2, 0) is 14.6 Å². The fourth-order valence-corrected chi connectivity index (χ4v) is 3.72. The van der Waals surface area contributed by atoms with Gasteiger partial charge >= 0.3 is 0 Å². The highest BCUT2D eigenvalue weighted by Crippen LogP contribution is 2.26. The van der Waals surface area contributed by atoms with E-state index in [-0.39, 0.29) is 17.5 Å². The quantitative estimate of drug-likeness (QED) is 0.667. The molecule has 0 spiro atoms. The number of methoxy groups -OCH3 is 1. The van der Waals surface area contributed by atoms with Crippen molar-refractivity contribution in [3.05, 3.63) is 29.8 Å². The number of rotatable bonds is 10. The molecule has 0 bridgehead atoms. The Morgan fingerprint density at radius 3 is 2.62 bits per heavy atom. The van der Waals surface area contributed by atoms with Gasteiger partial charge in [0.25, 0.3) is 0 Å². The molecular formula is C15H25NO4S. The molecule has 0 saturated heterocycles. The molecule has 1 aromatic rings. The minimum Gasteiger partial charge on any atom is -0.494 e. The van der Waals surface area contributed by atoms with E-state index in [0.717, 1.165) is 11.3 Å². The van der Waals surface area contributed by atoms with Gasteiger partial charge in [-0.3, -0.25) is 0 Å². The molecule has 0 heterocycles. The Kier molecular flexibility index (Phi) is 7.71. The maximum absolute atomic E-state index is 12.2. The van der Waals surface area contributed by atoms with Crippen LogP contribution in [0.15, 0.2) is 24.3 Å². The topological polar surface area (TPSA) is 64.6 Å². The van der Waals surface area contributed by atoms with Crippen LogP contribution >= 0.6 is 0 Å². The number of hydrogen-bond acceptors (Lipinski definition) is 5. The van der Waals surface area contributed by atoms with Crippen molar-refractivity contribution in [1.29, 1.82) is 0 Å². The summed E-state index contributed by atoms with van der Waals surface area (Å²) < 4.78 is 34.8. The zero-order valence-corrected chi connectivity index (χ0v) is 13.8. The lowest BCUT2D eigenvalue weighted by molar-refractivity contribution is 0.199. The van der Waals surface area contributed by atoms with Gasteiger partial charge in [-0.05, 0) is 26.5 Å². The van der Waals surface area contributed by atoms with Gasteiger partial charge in [0.15, 0.2) is 9.84 Å². The number of nitrogens with one attached hydrogen (secondary N) is 1. The molecule has 0 saturated carbocycles. The molecule has 0 aliphatic carbocycles. The minimum atomic E-state index is -3.14. The van der Waals surface area contributed by atoms with E-state index in [2.05, 4.69) is 5.32 Å². The highest BCUT2D eigenvalue weighted by molar-refractivity contribution is 7.91. The molecule has 1 N–H and O–H groups in total. The normalized spacial score (nSPS) is 13.1. The zero-order chi connectivity index (χ0) is 15.7. The van der Waals surface area contributed by atoms with Gasteiger partial charge in [0, 0.05) is 25.3 Å². The molecule has 6 heteroatoms. The van der Waals surface area contributed by atoms with Gasteiger partial charge in [-0.25, -0.2) is 8.42 Å². The van der Waals surface area contributed by atoms with Gasteiger partial charge in [0.05, 0.1) is 18.1 Å². The third-order valence-corrected chi connectivity index (χ3v) is 4.92. The molecule has 0 radical (unpaired) electrons. The molecule has 0 aliphatic heterocycles. The lowest BCUT2D eigenvalue weighted by Gasteiger charge is -2.20. The number of para-hydroxylation sites is 1. The van der Waals surface area contributed by atoms with E-state index in [4.69, 9.17) is 9.47 Å². The van der Waals surface area contributed by atoms with Crippen LogP contribution in [0.3, 0.4) is 0 Å². The van der Waals surface area contributed by atoms with Gasteiger partial charge in [0.2, 0.25) is 0 Å². The van der Waals surface area contributed by atoms with Crippen LogP contribution in [0.4, 0.5) is 0 Å². The second-order valence-corrected chi connectivity index (χ2v) is 7.00. The molecule has 0 fully saturated rings. The average molecular weight is 315 g/mol. The van der Waals surface area contributed by atoms with Gasteiger partial charge < -0.3 is 14.8 Å². The first-order chi connectivity index (χ1) is 10.0. The molecule has 0 amide bonds. The Morgan fingerprint density at radius 1 is 1.29 bits per heavy atom. The first-order valence-electron chi connectivity index (χ1n) is 7.12. The average Bonchev–Trinajstić information content (AvgIpc) is 2.46. The molecule has 1 atom stereocenters. The van der Waals surface area contributed by atoms with Crippen molar-refractivity contribution in [2.45, 2.75) is 19.4 Å². The van der Waals surface area contributed by atoms with Crippen LogP contribution in [-0.4, -0.2) is 47.3 Å². The highest BCUT2D eigenvalue weighted by Gasteiger charge is 2.21. The van der Waals surface area contributed by atoms with Gasteiger partial charge in [-0.1, -0.05) is 18.2 Å². The summed E-state index contributed by atoms with van der Waals surface area (Å²) in [5, 5.41) is 3.07. The number of ether oxygens (including phenoxy) is 2. The first kappa shape index (κ1) is 17.9. The van der Waals surface area contributed by atoms with Crippen LogP contribution < -0.4 is 10.1 Å². The standard InChI is InChI=1S/C15H25NO4S/c1-4-20-15-9-6-5-8-13(15)14(16-2)12-21(17,18)11-7-10-19-3/h5-6,8-9,14,16H,4,7,10-12H2,1-3H3. The van der Waals surface area contributed by atoms with Crippen LogP contribution in [0, 0.1) is 0 Å². The summed E-state index contributed by atoms with van der Waals surface area (Å²) >= 11 is 0. The fraction of sp³-hybridized carbons (Fsp3) is 0.600. The van der Waals surface area contributed by atoms with Crippen LogP contribution in [0.2, 0.25) is 0 Å². The third-order valence-electron chi connectivity index (χ3n) is 3.17. The predicted molar refractivity (Wildman–Crippen MR) is 84.6 cm³/mol. The Morgan fingerprint density at radius 2 is 2.00 bits per heavy atom. The Balaban J connectivity index is 2.83. The Bertz CT molecular complexity index is 516. The van der Waals surface area contributed by atoms with Crippen molar-refractivity contribution in [2.75, 3.05) is 38.9 Å². The molecule has 0 aliphatic rings. The molecule has 0 aromatic heterocycles. The van der Waals surface area contributed by atoms with E-state index in [1.807, 2.05) is 31.2 Å². The maximum Gasteiger partial charge on any atom is 0.152 e. The molecule has 1 aromatic carbocycles. The van der Waals surface area contributed by atoms with Gasteiger partial charge in [-0.15, -0.1) is 0 Å². The summed E-state index contributed by atoms with van der Waals surface area (Å²) in [5.41, 5.74) is 0.872. The smallest absolute Gasteiger partial charge is 0.152 e. The second-order valence-electron chi connectivity index (χ2n) is 4.77. The van der Waals surface area contributed by atoms with Crippen LogP contribution in [0.5, 0.6) is 5.75 Å². The van der Waals surface area contributed by atoms with Crippen LogP contribution in [0.25, 0.3) is 0 Å². The van der Waals surface area contributed by atoms with Crippen LogP contribution in [0.1, 0.15) is 24.9 Å². The van der Waals surface area contributed by atoms with Crippen molar-refractivity contribution >= 4 is 9.84 Å². The lowest BCUT2D eigenvalue weighted by atomic mass is 10.1. The SMILES string of the molecule is CCOc1ccccc1C(CS(=O)(=O)CCCOC)NC. The van der Waals surface area contributed by atoms with E-state index < -0.39 is 9.84 Å². The number of benzene rings is 1. The maximum atomic E-state index is 12.2. The minimum absolute atomic E-state index is 0.0529. The molecule has 21 heavy (non-hydrogen) atoms. The number of hydrogen-bond donors (Lipinski definition) is 1. The zero-order valence-electron chi connectivity index (χ0n) is 13.0. The third kappa shape index (κ3) is 6.03. The van der Waals surface area contributed by atoms with E-state index in [1.54, 1.807) is 14.2 Å². The largest absolute Gasteiger partial charge is 0.494 e. The summed E-state index contributed by atoms with van der Waals surface area (Å²) in [6.45, 7) is 2.92. The molecule has 5 nitrogen and oxygen atoms in total. The van der Waals surface area contributed by atoms with Gasteiger partial charge in [0.1, 0.15) is 5.75 Å². The number of sulfone groups is 1. The van der Waals surface area contributed by atoms with Crippen molar-refractivity contribution in [1.82, 2.24) is 5.32 Å². The van der Waals surface area contributed by atoms with E-state index >= 15 is 0 Å². The summed E-state index contributed by atoms with van der Waals surface area (Å²) in [4.78, 5) is 0. The highest BCUT2D eigenvalue weighted by atomic mass is 32.2. The van der Waals surface area contributed by atoms with E-state index in [0.29, 0.717) is 19.6 Å². The van der Waals surface area contributed by atoms with E-state index in [1.165, 1.54) is 0 Å². The molecule has 1 unspecified atom stereocenters. The van der Waals surface area contributed by atoms with Crippen molar-refractivity contribution in [2.24, 2.45) is 0 Å².